The van der Waals surface area contributed by atoms with Gasteiger partial charge in [0.05, 0.1) is 0 Å². The number of allylic oxidation sites excluding steroid dienone is 9. The number of carbonyl (C=O) groups is 1. The molecule has 3 fully saturated rings. The van der Waals surface area contributed by atoms with Gasteiger partial charge in [-0.2, -0.15) is 0 Å². The van der Waals surface area contributed by atoms with Crippen LogP contribution in [-0.2, 0) is 9.53 Å². The Hall–Kier alpha value is -1.83. The highest BCUT2D eigenvalue weighted by Gasteiger charge is 2.59. The number of hydrogen-bond acceptors (Lipinski definition) is 2. The van der Waals surface area contributed by atoms with E-state index in [1.807, 2.05) is 0 Å². The highest BCUT2D eigenvalue weighted by molar-refractivity contribution is 5.69. The molecular weight excluding hydrogens is 572 g/mol. The lowest BCUT2D eigenvalue weighted by atomic mass is 9.47. The lowest BCUT2D eigenvalue weighted by molar-refractivity contribution is -0.151. The second-order valence-corrected chi connectivity index (χ2v) is 16.9. The van der Waals surface area contributed by atoms with Gasteiger partial charge in [-0.3, -0.25) is 4.79 Å². The number of esters is 1. The van der Waals surface area contributed by atoms with Crippen molar-refractivity contribution < 1.29 is 9.53 Å². The molecule has 0 radical (unpaired) electrons. The van der Waals surface area contributed by atoms with Gasteiger partial charge < -0.3 is 4.74 Å². The quantitative estimate of drug-likeness (QED) is 0.0894. The molecule has 9 atom stereocenters. The molecule has 47 heavy (non-hydrogen) atoms. The van der Waals surface area contributed by atoms with Crippen LogP contribution in [0.1, 0.15) is 158 Å². The van der Waals surface area contributed by atoms with Crippen LogP contribution in [0.2, 0.25) is 0 Å². The molecule has 0 bridgehead atoms. The number of fused-ring (bicyclic) bond motifs is 5. The average Bonchev–Trinajstić information content (AvgIpc) is 3.41. The van der Waals surface area contributed by atoms with Crippen molar-refractivity contribution in [3.05, 3.63) is 60.3 Å². The minimum atomic E-state index is 0.0322. The fraction of sp³-hybridized carbons (Fsp3) is 0.756. The zero-order valence-electron chi connectivity index (χ0n) is 31.7. The maximum Gasteiger partial charge on any atom is 0.306 e. The molecule has 0 aliphatic heterocycles. The van der Waals surface area contributed by atoms with Crippen molar-refractivity contribution in [1.82, 2.24) is 0 Å². The molecule has 0 amide bonds. The molecule has 0 aromatic rings. The van der Waals surface area contributed by atoms with Crippen LogP contribution in [0.3, 0.4) is 0 Å². The Morgan fingerprint density at radius 3 is 2.32 bits per heavy atom. The van der Waals surface area contributed by atoms with E-state index >= 15 is 0 Å². The summed E-state index contributed by atoms with van der Waals surface area (Å²) in [5.74, 6) is 5.42. The van der Waals surface area contributed by atoms with Gasteiger partial charge in [0.25, 0.3) is 0 Å². The van der Waals surface area contributed by atoms with Crippen LogP contribution in [0.4, 0.5) is 0 Å². The van der Waals surface area contributed by atoms with Crippen LogP contribution in [0, 0.1) is 52.3 Å². The van der Waals surface area contributed by atoms with Gasteiger partial charge in [-0.25, -0.2) is 0 Å². The van der Waals surface area contributed by atoms with Gasteiger partial charge in [-0.15, -0.1) is 0 Å². The van der Waals surface area contributed by atoms with Crippen LogP contribution >= 0.6 is 0 Å². The summed E-state index contributed by atoms with van der Waals surface area (Å²) in [7, 11) is 0. The molecule has 4 aliphatic rings. The maximum atomic E-state index is 12.8. The monoisotopic (exact) mass is 645 g/mol. The topological polar surface area (TPSA) is 26.3 Å². The Kier molecular flexibility index (Phi) is 14.7. The molecule has 3 saturated carbocycles. The lowest BCUT2D eigenvalue weighted by Gasteiger charge is -2.58. The predicted octanol–water partition coefficient (Wildman–Crippen LogP) is 13.2. The molecule has 0 saturated heterocycles. The standard InChI is InChI=1S/C45H72O2/c1-8-9-10-11-12-13-14-15-16-17-18-19-20-21-22-43(46)47-38-29-31-44(6)37(33-38)25-26-39-41-28-27-40(45(41,7)32-30-42(39)44)36(5)24-23-35(4)34(2)3/h9-10,12-13,15-16,23-25,34-36,38-42H,8,11,14,17-22,26-33H2,1-7H3/b10-9+,13-12+,16-15+,24-23+. The average molecular weight is 645 g/mol. The van der Waals surface area contributed by atoms with E-state index in [0.29, 0.717) is 35.0 Å². The van der Waals surface area contributed by atoms with E-state index < -0.39 is 0 Å². The number of rotatable bonds is 17. The van der Waals surface area contributed by atoms with E-state index in [0.717, 1.165) is 75.0 Å². The Morgan fingerprint density at radius 1 is 0.851 bits per heavy atom. The molecule has 2 heteroatoms. The van der Waals surface area contributed by atoms with E-state index in [1.165, 1.54) is 51.4 Å². The lowest BCUT2D eigenvalue weighted by Crippen LogP contribution is -2.51. The molecule has 0 spiro atoms. The highest BCUT2D eigenvalue weighted by Crippen LogP contribution is 2.67. The van der Waals surface area contributed by atoms with E-state index in [2.05, 4.69) is 103 Å². The highest BCUT2D eigenvalue weighted by atomic mass is 16.5. The third-order valence-corrected chi connectivity index (χ3v) is 13.6. The van der Waals surface area contributed by atoms with Gasteiger partial charge in [0, 0.05) is 12.8 Å². The van der Waals surface area contributed by atoms with Crippen molar-refractivity contribution in [2.45, 2.75) is 164 Å². The van der Waals surface area contributed by atoms with Crippen LogP contribution in [0.15, 0.2) is 60.3 Å². The third-order valence-electron chi connectivity index (χ3n) is 13.6. The smallest absolute Gasteiger partial charge is 0.306 e. The van der Waals surface area contributed by atoms with Crippen LogP contribution in [0.5, 0.6) is 0 Å². The van der Waals surface area contributed by atoms with Crippen molar-refractivity contribution in [3.8, 4) is 0 Å². The Labute approximate surface area is 291 Å². The minimum absolute atomic E-state index is 0.0322. The first-order chi connectivity index (χ1) is 22.6. The zero-order chi connectivity index (χ0) is 33.9. The van der Waals surface area contributed by atoms with Gasteiger partial charge in [-0.05, 0) is 136 Å². The largest absolute Gasteiger partial charge is 0.462 e. The summed E-state index contributed by atoms with van der Waals surface area (Å²) < 4.78 is 6.11. The summed E-state index contributed by atoms with van der Waals surface area (Å²) in [6.45, 7) is 17.0. The van der Waals surface area contributed by atoms with Gasteiger partial charge >= 0.3 is 5.97 Å². The molecule has 0 heterocycles. The van der Waals surface area contributed by atoms with Crippen molar-refractivity contribution in [3.63, 3.8) is 0 Å². The fourth-order valence-corrected chi connectivity index (χ4v) is 10.3. The molecule has 4 aliphatic carbocycles. The summed E-state index contributed by atoms with van der Waals surface area (Å²) >= 11 is 0. The van der Waals surface area contributed by atoms with E-state index in [1.54, 1.807) is 5.57 Å². The first-order valence-electron chi connectivity index (χ1n) is 20.1. The molecule has 0 N–H and O–H groups in total. The maximum absolute atomic E-state index is 12.8. The van der Waals surface area contributed by atoms with Crippen LogP contribution in [-0.4, -0.2) is 12.1 Å². The van der Waals surface area contributed by atoms with E-state index in [9.17, 15) is 4.79 Å². The van der Waals surface area contributed by atoms with Gasteiger partial charge in [0.1, 0.15) is 6.10 Å². The summed E-state index contributed by atoms with van der Waals surface area (Å²) in [6, 6.07) is 0. The molecule has 4 rings (SSSR count). The number of ether oxygens (including phenoxy) is 1. The van der Waals surface area contributed by atoms with Crippen molar-refractivity contribution in [2.24, 2.45) is 52.3 Å². The molecule has 0 aromatic heterocycles. The van der Waals surface area contributed by atoms with Gasteiger partial charge in [-0.1, -0.05) is 122 Å². The normalized spacial score (nSPS) is 33.8. The van der Waals surface area contributed by atoms with Crippen LogP contribution < -0.4 is 0 Å². The SMILES string of the molecule is CC/C=C/C/C=C/C/C=C/CCCCCCC(=O)OC1CCC2(C)C(=CCC3C2CCC2(C)C(C(C)/C=C/C(C)C(C)C)CCC32)C1. The van der Waals surface area contributed by atoms with Gasteiger partial charge in [0.15, 0.2) is 0 Å². The summed E-state index contributed by atoms with van der Waals surface area (Å²) in [5, 5.41) is 0. The summed E-state index contributed by atoms with van der Waals surface area (Å²) in [6.07, 6.45) is 40.8. The number of hydrogen-bond donors (Lipinski definition) is 0. The Morgan fingerprint density at radius 2 is 1.57 bits per heavy atom. The summed E-state index contributed by atoms with van der Waals surface area (Å²) in [4.78, 5) is 12.8. The van der Waals surface area contributed by atoms with Crippen molar-refractivity contribution in [1.29, 1.82) is 0 Å². The Bertz CT molecular complexity index is 1120. The van der Waals surface area contributed by atoms with E-state index in [4.69, 9.17) is 4.74 Å². The second-order valence-electron chi connectivity index (χ2n) is 16.9. The number of unbranched alkanes of at least 4 members (excludes halogenated alkanes) is 4. The summed E-state index contributed by atoms with van der Waals surface area (Å²) in [5.41, 5.74) is 2.41. The van der Waals surface area contributed by atoms with Crippen LogP contribution in [0.25, 0.3) is 0 Å². The first kappa shape index (κ1) is 38.0. The van der Waals surface area contributed by atoms with Crippen molar-refractivity contribution in [2.75, 3.05) is 0 Å². The molecule has 9 unspecified atom stereocenters. The zero-order valence-corrected chi connectivity index (χ0v) is 31.7. The molecule has 264 valence electrons. The van der Waals surface area contributed by atoms with E-state index in [-0.39, 0.29) is 12.1 Å². The number of carbonyl (C=O) groups excluding carboxylic acids is 1. The third kappa shape index (κ3) is 9.88. The predicted molar refractivity (Wildman–Crippen MR) is 202 cm³/mol. The van der Waals surface area contributed by atoms with Crippen molar-refractivity contribution >= 4 is 5.97 Å². The fourth-order valence-electron chi connectivity index (χ4n) is 10.3. The molecular formula is C45H72O2. The molecule has 0 aromatic carbocycles. The molecule has 2 nitrogen and oxygen atoms in total. The van der Waals surface area contributed by atoms with Gasteiger partial charge in [0.2, 0.25) is 0 Å². The Balaban J connectivity index is 1.17. The second kappa shape index (κ2) is 18.2. The minimum Gasteiger partial charge on any atom is -0.462 e. The first-order valence-corrected chi connectivity index (χ1v) is 20.1.